The lowest BCUT2D eigenvalue weighted by atomic mass is 10.3. The van der Waals surface area contributed by atoms with Crippen LogP contribution in [0.2, 0.25) is 0 Å². The maximum absolute atomic E-state index is 10.4. The van der Waals surface area contributed by atoms with Gasteiger partial charge in [0.05, 0.1) is 0 Å². The number of ether oxygens (including phenoxy) is 1. The number of carbonyl (C=O) groups is 1. The van der Waals surface area contributed by atoms with Gasteiger partial charge < -0.3 is 4.74 Å². The zero-order valence-electron chi connectivity index (χ0n) is 5.64. The second kappa shape index (κ2) is 2.85. The molecule has 1 saturated carbocycles. The number of hydrogen-bond donors (Lipinski definition) is 0. The van der Waals surface area contributed by atoms with Crippen LogP contribution in [-0.4, -0.2) is 5.97 Å². The molecule has 1 aliphatic rings. The average molecular weight is 127 g/mol. The van der Waals surface area contributed by atoms with E-state index >= 15 is 0 Å². The van der Waals surface area contributed by atoms with Gasteiger partial charge in [0.15, 0.2) is 6.10 Å². The molecule has 0 amide bonds. The molecule has 2 nitrogen and oxygen atoms in total. The largest absolute Gasteiger partial charge is 0.455 e. The predicted molar refractivity (Wildman–Crippen MR) is 33.5 cm³/mol. The summed E-state index contributed by atoms with van der Waals surface area (Å²) in [6.45, 7) is 1.45. The van der Waals surface area contributed by atoms with Gasteiger partial charge in [-0.05, 0) is 25.7 Å². The van der Waals surface area contributed by atoms with Crippen molar-refractivity contribution in [2.24, 2.45) is 0 Å². The van der Waals surface area contributed by atoms with E-state index < -0.39 is 0 Å². The van der Waals surface area contributed by atoms with Crippen LogP contribution in [0.25, 0.3) is 0 Å². The molecule has 1 radical (unpaired) electrons. The highest BCUT2D eigenvalue weighted by Gasteiger charge is 2.18. The van der Waals surface area contributed by atoms with Crippen molar-refractivity contribution < 1.29 is 9.53 Å². The van der Waals surface area contributed by atoms with Crippen molar-refractivity contribution in [3.05, 3.63) is 6.10 Å². The van der Waals surface area contributed by atoms with Crippen molar-refractivity contribution in [3.8, 4) is 0 Å². The lowest BCUT2D eigenvalue weighted by Crippen LogP contribution is -2.02. The van der Waals surface area contributed by atoms with Crippen LogP contribution in [0.1, 0.15) is 32.6 Å². The van der Waals surface area contributed by atoms with E-state index in [-0.39, 0.29) is 5.97 Å². The first-order valence-corrected chi connectivity index (χ1v) is 3.32. The first-order chi connectivity index (χ1) is 4.29. The maximum Gasteiger partial charge on any atom is 0.303 e. The van der Waals surface area contributed by atoms with Gasteiger partial charge in [-0.25, -0.2) is 0 Å². The van der Waals surface area contributed by atoms with Crippen LogP contribution in [0.4, 0.5) is 0 Å². The van der Waals surface area contributed by atoms with E-state index in [4.69, 9.17) is 4.74 Å². The van der Waals surface area contributed by atoms with Gasteiger partial charge in [0, 0.05) is 6.92 Å². The third-order valence-corrected chi connectivity index (χ3v) is 1.45. The highest BCUT2D eigenvalue weighted by Crippen LogP contribution is 2.27. The molecule has 9 heavy (non-hydrogen) atoms. The van der Waals surface area contributed by atoms with E-state index in [9.17, 15) is 4.79 Å². The van der Waals surface area contributed by atoms with Gasteiger partial charge in [-0.15, -0.1) is 0 Å². The molecule has 1 rings (SSSR count). The molecule has 2 heteroatoms. The van der Waals surface area contributed by atoms with Crippen molar-refractivity contribution in [2.45, 2.75) is 32.6 Å². The summed E-state index contributed by atoms with van der Waals surface area (Å²) in [5, 5.41) is 0. The summed E-state index contributed by atoms with van der Waals surface area (Å²) < 4.78 is 4.89. The lowest BCUT2D eigenvalue weighted by Gasteiger charge is -2.05. The molecule has 0 heterocycles. The van der Waals surface area contributed by atoms with E-state index in [0.29, 0.717) is 0 Å². The molecule has 0 aromatic heterocycles. The summed E-state index contributed by atoms with van der Waals surface area (Å²) in [6.07, 6.45) is 5.31. The lowest BCUT2D eigenvalue weighted by molar-refractivity contribution is -0.140. The Hall–Kier alpha value is -0.530. The van der Waals surface area contributed by atoms with Crippen molar-refractivity contribution in [2.75, 3.05) is 0 Å². The molecule has 1 fully saturated rings. The van der Waals surface area contributed by atoms with Crippen LogP contribution >= 0.6 is 0 Å². The Morgan fingerprint density at radius 1 is 1.44 bits per heavy atom. The van der Waals surface area contributed by atoms with Crippen LogP contribution in [0.5, 0.6) is 0 Å². The Balaban J connectivity index is 2.19. The van der Waals surface area contributed by atoms with Gasteiger partial charge >= 0.3 is 5.97 Å². The van der Waals surface area contributed by atoms with E-state index in [1.54, 1.807) is 0 Å². The minimum Gasteiger partial charge on any atom is -0.455 e. The molecular weight excluding hydrogens is 116 g/mol. The van der Waals surface area contributed by atoms with Gasteiger partial charge in [-0.1, -0.05) is 0 Å². The quantitative estimate of drug-likeness (QED) is 0.501. The monoisotopic (exact) mass is 127 g/mol. The Morgan fingerprint density at radius 2 is 2.00 bits per heavy atom. The number of rotatable bonds is 1. The molecule has 0 atom stereocenters. The predicted octanol–water partition coefficient (Wildman–Crippen LogP) is 1.66. The number of hydrogen-bond acceptors (Lipinski definition) is 2. The Morgan fingerprint density at radius 3 is 2.44 bits per heavy atom. The van der Waals surface area contributed by atoms with E-state index in [1.165, 1.54) is 19.8 Å². The topological polar surface area (TPSA) is 26.3 Å². The summed E-state index contributed by atoms with van der Waals surface area (Å²) in [6, 6.07) is 0. The summed E-state index contributed by atoms with van der Waals surface area (Å²) in [5.41, 5.74) is 0. The fraction of sp³-hybridized carbons (Fsp3) is 0.714. The second-order valence-electron chi connectivity index (χ2n) is 2.34. The van der Waals surface area contributed by atoms with Crippen LogP contribution in [-0.2, 0) is 9.53 Å². The van der Waals surface area contributed by atoms with Crippen molar-refractivity contribution in [1.29, 1.82) is 0 Å². The first kappa shape index (κ1) is 6.59. The molecule has 0 saturated heterocycles. The average Bonchev–Trinajstić information content (AvgIpc) is 2.15. The minimum atomic E-state index is -0.174. The van der Waals surface area contributed by atoms with Crippen molar-refractivity contribution in [1.82, 2.24) is 0 Å². The number of carbonyl (C=O) groups excluding carboxylic acids is 1. The highest BCUT2D eigenvalue weighted by atomic mass is 16.5. The third kappa shape index (κ3) is 2.04. The molecule has 0 aliphatic heterocycles. The van der Waals surface area contributed by atoms with Gasteiger partial charge in [0.1, 0.15) is 0 Å². The van der Waals surface area contributed by atoms with Crippen molar-refractivity contribution in [3.63, 3.8) is 0 Å². The zero-order valence-corrected chi connectivity index (χ0v) is 5.64. The molecule has 51 valence electrons. The molecule has 0 aromatic rings. The van der Waals surface area contributed by atoms with Crippen LogP contribution < -0.4 is 0 Å². The smallest absolute Gasteiger partial charge is 0.303 e. The number of esters is 1. The first-order valence-electron chi connectivity index (χ1n) is 3.32. The van der Waals surface area contributed by atoms with Gasteiger partial charge in [-0.3, -0.25) is 4.79 Å². The fourth-order valence-electron chi connectivity index (χ4n) is 1.07. The van der Waals surface area contributed by atoms with E-state index in [0.717, 1.165) is 18.9 Å². The molecule has 0 spiro atoms. The molecule has 1 aliphatic carbocycles. The zero-order chi connectivity index (χ0) is 6.69. The summed E-state index contributed by atoms with van der Waals surface area (Å²) in [4.78, 5) is 10.4. The molecule has 0 aromatic carbocycles. The molecule has 0 unspecified atom stereocenters. The minimum absolute atomic E-state index is 0.174. The standard InChI is InChI=1S/C7H11O2/c1-6(8)9-7-4-2-3-5-7/h2-5H2,1H3. The van der Waals surface area contributed by atoms with E-state index in [2.05, 4.69) is 0 Å². The molecular formula is C7H11O2. The Kier molecular flexibility index (Phi) is 2.09. The second-order valence-corrected chi connectivity index (χ2v) is 2.34. The summed E-state index contributed by atoms with van der Waals surface area (Å²) in [5.74, 6) is -0.174. The van der Waals surface area contributed by atoms with E-state index in [1.807, 2.05) is 0 Å². The fourth-order valence-corrected chi connectivity index (χ4v) is 1.07. The summed E-state index contributed by atoms with van der Waals surface area (Å²) in [7, 11) is 0. The van der Waals surface area contributed by atoms with Crippen LogP contribution in [0, 0.1) is 6.10 Å². The van der Waals surface area contributed by atoms with Crippen LogP contribution in [0.3, 0.4) is 0 Å². The third-order valence-electron chi connectivity index (χ3n) is 1.45. The highest BCUT2D eigenvalue weighted by molar-refractivity contribution is 5.66. The van der Waals surface area contributed by atoms with Crippen molar-refractivity contribution >= 4 is 5.97 Å². The van der Waals surface area contributed by atoms with Gasteiger partial charge in [0.25, 0.3) is 0 Å². The maximum atomic E-state index is 10.4. The molecule has 0 bridgehead atoms. The van der Waals surface area contributed by atoms with Crippen LogP contribution in [0.15, 0.2) is 0 Å². The Bertz CT molecular complexity index is 103. The molecule has 0 N–H and O–H groups in total. The summed E-state index contributed by atoms with van der Waals surface area (Å²) >= 11 is 0. The van der Waals surface area contributed by atoms with Gasteiger partial charge in [0.2, 0.25) is 0 Å². The Labute approximate surface area is 55.2 Å². The normalized spacial score (nSPS) is 20.1. The van der Waals surface area contributed by atoms with Gasteiger partial charge in [-0.2, -0.15) is 0 Å². The SMILES string of the molecule is CC(=O)O[C]1CCCC1.